The largest absolute Gasteiger partial charge is 0.469 e. The molecule has 124 valence electrons. The molecular weight excluding hydrogens is 292 g/mol. The Morgan fingerprint density at radius 3 is 2.48 bits per heavy atom. The maximum Gasteiger partial charge on any atom is 0.311 e. The normalized spacial score (nSPS) is 22.5. The number of carbonyl (C=O) groups is 2. The van der Waals surface area contributed by atoms with Crippen LogP contribution in [0.2, 0.25) is 0 Å². The Hall–Kier alpha value is -2.04. The van der Waals surface area contributed by atoms with E-state index in [-0.39, 0.29) is 24.2 Å². The third kappa shape index (κ3) is 3.19. The Balaban J connectivity index is 1.83. The molecule has 2 aliphatic rings. The van der Waals surface area contributed by atoms with E-state index < -0.39 is 0 Å². The minimum Gasteiger partial charge on any atom is -0.469 e. The number of amides is 1. The molecular formula is C18H24N2O3. The van der Waals surface area contributed by atoms with Gasteiger partial charge in [-0.2, -0.15) is 0 Å². The second-order valence-corrected chi connectivity index (χ2v) is 6.59. The Morgan fingerprint density at radius 1 is 1.17 bits per heavy atom. The minimum absolute atomic E-state index is 0.00164. The number of para-hydroxylation sites is 2. The lowest BCUT2D eigenvalue weighted by Crippen LogP contribution is -2.35. The Kier molecular flexibility index (Phi) is 4.55. The van der Waals surface area contributed by atoms with Gasteiger partial charge in [0, 0.05) is 26.1 Å². The summed E-state index contributed by atoms with van der Waals surface area (Å²) in [5.41, 5.74) is 2.01. The first-order valence-electron chi connectivity index (χ1n) is 8.32. The van der Waals surface area contributed by atoms with Crippen LogP contribution in [0.25, 0.3) is 0 Å². The van der Waals surface area contributed by atoms with Crippen molar-refractivity contribution in [3.63, 3.8) is 0 Å². The van der Waals surface area contributed by atoms with E-state index in [9.17, 15) is 9.59 Å². The maximum absolute atomic E-state index is 12.4. The van der Waals surface area contributed by atoms with Crippen LogP contribution in [0.4, 0.5) is 11.4 Å². The molecule has 1 aromatic carbocycles. The Morgan fingerprint density at radius 2 is 1.83 bits per heavy atom. The van der Waals surface area contributed by atoms with E-state index in [2.05, 4.69) is 17.9 Å². The molecule has 2 heterocycles. The van der Waals surface area contributed by atoms with Crippen LogP contribution >= 0.6 is 0 Å². The van der Waals surface area contributed by atoms with Crippen molar-refractivity contribution in [2.75, 3.05) is 36.5 Å². The van der Waals surface area contributed by atoms with Crippen molar-refractivity contribution in [3.05, 3.63) is 24.3 Å². The summed E-state index contributed by atoms with van der Waals surface area (Å²) in [6.45, 7) is 4.72. The van der Waals surface area contributed by atoms with Gasteiger partial charge in [0.25, 0.3) is 0 Å². The van der Waals surface area contributed by atoms with E-state index in [1.165, 1.54) is 20.0 Å². The van der Waals surface area contributed by atoms with Gasteiger partial charge < -0.3 is 14.5 Å². The molecule has 1 amide bonds. The SMILES string of the molecule is COC(=O)[C@@H]1CC(=O)N(c2ccccc2N2CCC(C)CC2)C1. The van der Waals surface area contributed by atoms with E-state index in [1.54, 1.807) is 4.90 Å². The van der Waals surface area contributed by atoms with E-state index in [0.717, 1.165) is 30.4 Å². The third-order valence-corrected chi connectivity index (χ3v) is 4.96. The molecule has 23 heavy (non-hydrogen) atoms. The van der Waals surface area contributed by atoms with Gasteiger partial charge in [0.1, 0.15) is 0 Å². The van der Waals surface area contributed by atoms with Crippen LogP contribution < -0.4 is 9.80 Å². The van der Waals surface area contributed by atoms with Crippen molar-refractivity contribution >= 4 is 23.3 Å². The van der Waals surface area contributed by atoms with Crippen LogP contribution in [0.3, 0.4) is 0 Å². The third-order valence-electron chi connectivity index (χ3n) is 4.96. The van der Waals surface area contributed by atoms with E-state index in [1.807, 2.05) is 18.2 Å². The fourth-order valence-electron chi connectivity index (χ4n) is 3.47. The summed E-state index contributed by atoms with van der Waals surface area (Å²) in [5.74, 6) is 0.0980. The van der Waals surface area contributed by atoms with Crippen LogP contribution in [-0.4, -0.2) is 38.6 Å². The number of piperidine rings is 1. The van der Waals surface area contributed by atoms with Crippen molar-refractivity contribution in [1.29, 1.82) is 0 Å². The molecule has 2 saturated heterocycles. The molecule has 0 bridgehead atoms. The summed E-state index contributed by atoms with van der Waals surface area (Å²) < 4.78 is 4.80. The fraction of sp³-hybridized carbons (Fsp3) is 0.556. The number of esters is 1. The van der Waals surface area contributed by atoms with Gasteiger partial charge in [-0.3, -0.25) is 9.59 Å². The number of carbonyl (C=O) groups excluding carboxylic acids is 2. The lowest BCUT2D eigenvalue weighted by atomic mass is 9.98. The van der Waals surface area contributed by atoms with Crippen molar-refractivity contribution in [2.45, 2.75) is 26.2 Å². The predicted octanol–water partition coefficient (Wildman–Crippen LogP) is 2.45. The van der Waals surface area contributed by atoms with E-state index >= 15 is 0 Å². The first-order chi connectivity index (χ1) is 11.1. The van der Waals surface area contributed by atoms with Gasteiger partial charge in [-0.1, -0.05) is 19.1 Å². The lowest BCUT2D eigenvalue weighted by Gasteiger charge is -2.34. The number of hydrogen-bond acceptors (Lipinski definition) is 4. The van der Waals surface area contributed by atoms with Gasteiger partial charge in [0.05, 0.1) is 24.4 Å². The van der Waals surface area contributed by atoms with Gasteiger partial charge in [-0.05, 0) is 30.9 Å². The summed E-state index contributed by atoms with van der Waals surface area (Å²) >= 11 is 0. The molecule has 0 aliphatic carbocycles. The van der Waals surface area contributed by atoms with Crippen molar-refractivity contribution in [2.24, 2.45) is 11.8 Å². The maximum atomic E-state index is 12.4. The first kappa shape index (κ1) is 15.8. The predicted molar refractivity (Wildman–Crippen MR) is 89.5 cm³/mol. The topological polar surface area (TPSA) is 49.9 Å². The molecule has 5 heteroatoms. The summed E-state index contributed by atoms with van der Waals surface area (Å²) in [5, 5.41) is 0. The molecule has 3 rings (SSSR count). The number of ether oxygens (including phenoxy) is 1. The van der Waals surface area contributed by atoms with Crippen molar-refractivity contribution in [1.82, 2.24) is 0 Å². The molecule has 1 atom stereocenters. The van der Waals surface area contributed by atoms with Gasteiger partial charge >= 0.3 is 5.97 Å². The minimum atomic E-state index is -0.359. The quantitative estimate of drug-likeness (QED) is 0.804. The summed E-state index contributed by atoms with van der Waals surface area (Å²) in [6.07, 6.45) is 2.58. The van der Waals surface area contributed by atoms with Crippen molar-refractivity contribution in [3.8, 4) is 0 Å². The molecule has 0 unspecified atom stereocenters. The van der Waals surface area contributed by atoms with Gasteiger partial charge in [0.15, 0.2) is 0 Å². The zero-order valence-electron chi connectivity index (χ0n) is 13.8. The zero-order chi connectivity index (χ0) is 16.4. The number of hydrogen-bond donors (Lipinski definition) is 0. The summed E-state index contributed by atoms with van der Waals surface area (Å²) in [6, 6.07) is 8.01. The fourth-order valence-corrected chi connectivity index (χ4v) is 3.47. The van der Waals surface area contributed by atoms with Crippen LogP contribution in [0.15, 0.2) is 24.3 Å². The van der Waals surface area contributed by atoms with Crippen molar-refractivity contribution < 1.29 is 14.3 Å². The lowest BCUT2D eigenvalue weighted by molar-refractivity contribution is -0.145. The molecule has 5 nitrogen and oxygen atoms in total. The average Bonchev–Trinajstić information content (AvgIpc) is 2.96. The number of anilines is 2. The number of methoxy groups -OCH3 is 1. The highest BCUT2D eigenvalue weighted by Crippen LogP contribution is 2.35. The van der Waals surface area contributed by atoms with Gasteiger partial charge in [0.2, 0.25) is 5.91 Å². The smallest absolute Gasteiger partial charge is 0.311 e. The highest BCUT2D eigenvalue weighted by atomic mass is 16.5. The zero-order valence-corrected chi connectivity index (χ0v) is 13.8. The monoisotopic (exact) mass is 316 g/mol. The highest BCUT2D eigenvalue weighted by molar-refractivity contribution is 6.01. The van der Waals surface area contributed by atoms with Crippen LogP contribution in [-0.2, 0) is 14.3 Å². The summed E-state index contributed by atoms with van der Waals surface area (Å²) in [4.78, 5) is 28.2. The van der Waals surface area contributed by atoms with Crippen LogP contribution in [0, 0.1) is 11.8 Å². The van der Waals surface area contributed by atoms with Gasteiger partial charge in [-0.25, -0.2) is 0 Å². The number of rotatable bonds is 3. The van der Waals surface area contributed by atoms with E-state index in [0.29, 0.717) is 6.54 Å². The average molecular weight is 316 g/mol. The second-order valence-electron chi connectivity index (χ2n) is 6.59. The highest BCUT2D eigenvalue weighted by Gasteiger charge is 2.37. The summed E-state index contributed by atoms with van der Waals surface area (Å²) in [7, 11) is 1.37. The standard InChI is InChI=1S/C18H24N2O3/c1-13-7-9-19(10-8-13)15-5-3-4-6-16(15)20-12-14(11-17(20)21)18(22)23-2/h3-6,13-14H,7-12H2,1-2H3/t14-/m1/s1. The first-order valence-corrected chi connectivity index (χ1v) is 8.32. The molecule has 2 aliphatic heterocycles. The molecule has 1 aromatic rings. The number of nitrogens with zero attached hydrogens (tertiary/aromatic N) is 2. The van der Waals surface area contributed by atoms with E-state index in [4.69, 9.17) is 4.74 Å². The molecule has 0 spiro atoms. The molecule has 0 saturated carbocycles. The van der Waals surface area contributed by atoms with Crippen LogP contribution in [0.1, 0.15) is 26.2 Å². The molecule has 0 N–H and O–H groups in total. The Labute approximate surface area is 137 Å². The van der Waals surface area contributed by atoms with Crippen LogP contribution in [0.5, 0.6) is 0 Å². The Bertz CT molecular complexity index is 594. The number of benzene rings is 1. The molecule has 0 aromatic heterocycles. The molecule has 0 radical (unpaired) electrons. The molecule has 2 fully saturated rings. The van der Waals surface area contributed by atoms with Gasteiger partial charge in [-0.15, -0.1) is 0 Å². The second kappa shape index (κ2) is 6.60.